The summed E-state index contributed by atoms with van der Waals surface area (Å²) < 4.78 is 302. The molecule has 4 heterocycles. The van der Waals surface area contributed by atoms with Crippen LogP contribution < -0.4 is 0 Å². The van der Waals surface area contributed by atoms with E-state index in [0.717, 1.165) is 89.9 Å². The Bertz CT molecular complexity index is 3130. The minimum absolute atomic E-state index is 0.00332. The lowest BCUT2D eigenvalue weighted by molar-refractivity contribution is -0.152. The van der Waals surface area contributed by atoms with E-state index in [-0.39, 0.29) is 40.8 Å². The molecule has 6 fully saturated rings. The Hall–Kier alpha value is -3.95. The summed E-state index contributed by atoms with van der Waals surface area (Å²) in [6.07, 6.45) is -2.21. The van der Waals surface area contributed by atoms with E-state index in [1.54, 1.807) is 17.8 Å². The van der Waals surface area contributed by atoms with Crippen LogP contribution in [0, 0.1) is 29.6 Å². The van der Waals surface area contributed by atoms with Crippen molar-refractivity contribution in [1.82, 2.24) is 0 Å². The van der Waals surface area contributed by atoms with Gasteiger partial charge in [0.25, 0.3) is 0 Å². The molecule has 111 heavy (non-hydrogen) atoms. The number of ether oxygens (including phenoxy) is 5. The second-order valence-electron chi connectivity index (χ2n) is 28.6. The molecule has 4 N–H and O–H groups in total. The van der Waals surface area contributed by atoms with Gasteiger partial charge in [0.2, 0.25) is 0 Å². The van der Waals surface area contributed by atoms with Crippen molar-refractivity contribution in [3.63, 3.8) is 0 Å². The van der Waals surface area contributed by atoms with Gasteiger partial charge in [0.1, 0.15) is 0 Å². The van der Waals surface area contributed by atoms with Crippen LogP contribution >= 0.6 is 11.8 Å². The van der Waals surface area contributed by atoms with Gasteiger partial charge in [-0.1, -0.05) is 80.0 Å². The molecular weight excluding hydrogens is 1620 g/mol. The number of carbonyl (C=O) groups excluding carboxylic acids is 4. The molecule has 0 spiro atoms. The maximum absolute atomic E-state index is 13.1. The van der Waals surface area contributed by atoms with Gasteiger partial charge in [0.05, 0.1) is 84.4 Å². The largest absolute Gasteiger partial charge is 0.743 e. The Kier molecular flexibility index (Phi) is 44.6. The van der Waals surface area contributed by atoms with Crippen LogP contribution in [0.25, 0.3) is 0 Å². The Labute approximate surface area is 647 Å². The molecule has 2 saturated carbocycles. The lowest BCUT2D eigenvalue weighted by Crippen LogP contribution is -2.39. The summed E-state index contributed by atoms with van der Waals surface area (Å²) in [5.41, 5.74) is -1.54. The van der Waals surface area contributed by atoms with Crippen LogP contribution in [-0.4, -0.2) is 213 Å². The molecule has 7 rings (SSSR count). The summed E-state index contributed by atoms with van der Waals surface area (Å²) in [7, 11) is -24.3. The van der Waals surface area contributed by atoms with Gasteiger partial charge >= 0.3 is 44.9 Å². The van der Waals surface area contributed by atoms with E-state index < -0.39 is 190 Å². The van der Waals surface area contributed by atoms with Crippen molar-refractivity contribution in [2.45, 2.75) is 315 Å². The van der Waals surface area contributed by atoms with E-state index in [1.807, 2.05) is 83.1 Å². The second kappa shape index (κ2) is 46.3. The molecule has 6 bridgehead atoms. The van der Waals surface area contributed by atoms with Crippen molar-refractivity contribution in [3.05, 3.63) is 35.9 Å². The van der Waals surface area contributed by atoms with E-state index in [4.69, 9.17) is 34.6 Å². The van der Waals surface area contributed by atoms with Crippen LogP contribution in [0.4, 0.5) is 52.7 Å². The quantitative estimate of drug-likeness (QED) is 0.0225. The molecule has 0 radical (unpaired) electrons. The SMILES string of the molecule is CCC(C)(O)CC.CCC(C)(O)CC.CCC(C)(O)CC.CCC(C)(O)CC.O=C(OCCC(F)C(F)(F)S(=O)(=O)[O-])C1CC2CCC1C2.O=C(OCCC(F)C(F)(F)S(=O)(=O)[O-])C1CC2CCC1O2.O=C(OCCC(F)C(F)(F)S(=O)(=O)[O-])C1CC2CCC1S2.O=C(OCCC(F)C(F)(F)S(=O)(=O)[O-])c1ccccc1. The molecule has 1 aromatic rings. The van der Waals surface area contributed by atoms with Gasteiger partial charge in [0.15, 0.2) is 65.2 Å². The molecule has 1 aromatic carbocycles. The summed E-state index contributed by atoms with van der Waals surface area (Å²) in [6, 6.07) is 7.49. The van der Waals surface area contributed by atoms with Gasteiger partial charge in [-0.2, -0.15) is 46.9 Å². The Morgan fingerprint density at radius 3 is 1.01 bits per heavy atom. The van der Waals surface area contributed by atoms with Gasteiger partial charge < -0.3 is 62.3 Å². The summed E-state index contributed by atoms with van der Waals surface area (Å²) >= 11 is 1.70. The zero-order chi connectivity index (χ0) is 86.6. The first-order valence-corrected chi connectivity index (χ1v) is 42.9. The summed E-state index contributed by atoms with van der Waals surface area (Å²) in [6.45, 7) is 20.5. The van der Waals surface area contributed by atoms with Crippen LogP contribution in [0.1, 0.15) is 235 Å². The standard InChI is InChI=1S/C12H17F3O5S.C11H15F3O6S.C11H15F3O5S2.C11H11F3O5S.4C6H14O/c13-10(12(14,15)21(17,18)19)3-4-20-11(16)9-6-7-1-2-8(9)5-7;2*12-9(11(13,14)21(16,17)18)3-4-19-10(15)7-5-6-1-2-8(7)20-6;12-9(11(13,14)20(16,17)18)6-7-19-10(15)8-4-2-1-3-5-8;4*1-4-6(3,7)5-2/h7-10H,1-6H2,(H,17,18,19);2*6-9H,1-5H2,(H,16,17,18);1-5,9H,6-7H2,(H,16,17,18);4*7H,4-5H2,1-3H3/p-4. The van der Waals surface area contributed by atoms with Crippen molar-refractivity contribution < 1.29 is 168 Å². The van der Waals surface area contributed by atoms with E-state index in [1.165, 1.54) is 24.3 Å². The lowest BCUT2D eigenvalue weighted by atomic mass is 9.89. The zero-order valence-corrected chi connectivity index (χ0v) is 68.3. The van der Waals surface area contributed by atoms with Gasteiger partial charge in [0, 0.05) is 36.2 Å². The molecule has 13 atom stereocenters. The molecule has 4 saturated heterocycles. The molecule has 42 heteroatoms. The number of esters is 4. The number of alkyl halides is 12. The van der Waals surface area contributed by atoms with E-state index in [0.29, 0.717) is 36.9 Å². The topological polar surface area (TPSA) is 424 Å². The number of benzene rings is 1. The third kappa shape index (κ3) is 35.8. The van der Waals surface area contributed by atoms with Crippen molar-refractivity contribution in [2.75, 3.05) is 26.4 Å². The van der Waals surface area contributed by atoms with Gasteiger partial charge in [-0.25, -0.2) is 56.0 Å². The first kappa shape index (κ1) is 107. The highest BCUT2D eigenvalue weighted by Crippen LogP contribution is 2.51. The minimum atomic E-state index is -6.10. The zero-order valence-electron chi connectivity index (χ0n) is 64.2. The fourth-order valence-electron chi connectivity index (χ4n) is 10.6. The first-order valence-electron chi connectivity index (χ1n) is 36.3. The third-order valence-corrected chi connectivity index (χ3v) is 25.6. The molecule has 25 nitrogen and oxygen atoms in total. The number of thioether (sulfide) groups is 1. The van der Waals surface area contributed by atoms with Crippen molar-refractivity contribution in [3.8, 4) is 0 Å². The van der Waals surface area contributed by atoms with Crippen LogP contribution in [0.3, 0.4) is 0 Å². The lowest BCUT2D eigenvalue weighted by Gasteiger charge is -2.24. The van der Waals surface area contributed by atoms with Gasteiger partial charge in [-0.05, 0) is 161 Å². The minimum Gasteiger partial charge on any atom is -0.743 e. The molecule has 13 unspecified atom stereocenters. The highest BCUT2D eigenvalue weighted by molar-refractivity contribution is 8.01. The van der Waals surface area contributed by atoms with Crippen LogP contribution in [0.2, 0.25) is 0 Å². The fraction of sp³-hybridized carbons (Fsp3) is 0.855. The highest BCUT2D eigenvalue weighted by Gasteiger charge is 2.52. The first-order chi connectivity index (χ1) is 50.5. The number of hydrogen-bond acceptors (Lipinski definition) is 26. The van der Waals surface area contributed by atoms with Crippen molar-refractivity contribution in [1.29, 1.82) is 0 Å². The number of aliphatic hydroxyl groups is 4. The maximum atomic E-state index is 13.1. The summed E-state index contributed by atoms with van der Waals surface area (Å²) in [5.74, 6) is -3.01. The number of fused-ring (bicyclic) bond motifs is 6. The van der Waals surface area contributed by atoms with Crippen LogP contribution in [-0.2, 0) is 78.5 Å². The Morgan fingerprint density at radius 2 is 0.766 bits per heavy atom. The third-order valence-electron chi connectivity index (χ3n) is 20.2. The van der Waals surface area contributed by atoms with Crippen LogP contribution in [0.5, 0.6) is 0 Å². The van der Waals surface area contributed by atoms with Crippen molar-refractivity contribution in [2.24, 2.45) is 29.6 Å². The van der Waals surface area contributed by atoms with E-state index in [9.17, 15) is 124 Å². The predicted octanol–water partition coefficient (Wildman–Crippen LogP) is 12.4. The average Bonchev–Trinajstić information content (AvgIpc) is 1.80. The van der Waals surface area contributed by atoms with Gasteiger partial charge in [-0.3, -0.25) is 14.4 Å². The second-order valence-corrected chi connectivity index (χ2v) is 36.0. The summed E-state index contributed by atoms with van der Waals surface area (Å²) in [5, 5.41) is 17.0. The molecule has 2 aliphatic carbocycles. The Balaban J connectivity index is 0.00000130. The molecule has 654 valence electrons. The number of carbonyl (C=O) groups is 4. The molecule has 6 aliphatic rings. The molecule has 4 aliphatic heterocycles. The van der Waals surface area contributed by atoms with Crippen LogP contribution in [0.15, 0.2) is 30.3 Å². The smallest absolute Gasteiger partial charge is 0.364 e. The highest BCUT2D eigenvalue weighted by atomic mass is 32.2. The maximum Gasteiger partial charge on any atom is 0.364 e. The molecular formula is C69H110F12O25S5-4. The van der Waals surface area contributed by atoms with Crippen molar-refractivity contribution >= 4 is 76.1 Å². The number of rotatable bonds is 32. The molecule has 0 amide bonds. The van der Waals surface area contributed by atoms with Gasteiger partial charge in [-0.15, -0.1) is 0 Å². The average molecular weight is 1730 g/mol. The van der Waals surface area contributed by atoms with E-state index >= 15 is 0 Å². The predicted molar refractivity (Wildman–Crippen MR) is 379 cm³/mol. The molecule has 0 aromatic heterocycles. The summed E-state index contributed by atoms with van der Waals surface area (Å²) in [4.78, 5) is 46.5. The number of hydrogen-bond donors (Lipinski definition) is 4. The normalized spacial score (nSPS) is 22.8. The monoisotopic (exact) mass is 1730 g/mol. The fourth-order valence-corrected chi connectivity index (χ4v) is 14.1. The number of halogens is 12. The van der Waals surface area contributed by atoms with E-state index in [2.05, 4.69) is 9.47 Å². The Morgan fingerprint density at radius 1 is 0.441 bits per heavy atom.